The highest BCUT2D eigenvalue weighted by Gasteiger charge is 2.22. The fourth-order valence-electron chi connectivity index (χ4n) is 2.96. The number of benzene rings is 1. The van der Waals surface area contributed by atoms with E-state index in [-0.39, 0.29) is 11.8 Å². The molecule has 3 rings (SSSR count). The second-order valence-corrected chi connectivity index (χ2v) is 7.18. The molecule has 1 aromatic heterocycles. The van der Waals surface area contributed by atoms with Crippen molar-refractivity contribution in [3.63, 3.8) is 0 Å². The Bertz CT molecular complexity index is 765. The summed E-state index contributed by atoms with van der Waals surface area (Å²) in [5, 5.41) is 2.99. The van der Waals surface area contributed by atoms with Crippen molar-refractivity contribution in [2.75, 3.05) is 33.3 Å². The largest absolute Gasteiger partial charge is 0.497 e. The molecule has 0 bridgehead atoms. The topological polar surface area (TPSA) is 62.7 Å². The quantitative estimate of drug-likeness (QED) is 0.808. The lowest BCUT2D eigenvalue weighted by atomic mass is 10.2. The van der Waals surface area contributed by atoms with E-state index in [9.17, 15) is 9.59 Å². The fourth-order valence-corrected chi connectivity index (χ4v) is 3.77. The van der Waals surface area contributed by atoms with Crippen LogP contribution in [0.1, 0.15) is 18.4 Å². The predicted molar refractivity (Wildman–Crippen MR) is 101 cm³/mol. The zero-order chi connectivity index (χ0) is 18.5. The number of piperazine rings is 1. The first-order valence-electron chi connectivity index (χ1n) is 8.69. The van der Waals surface area contributed by atoms with E-state index >= 15 is 0 Å². The predicted octanol–water partition coefficient (Wildman–Crippen LogP) is 2.44. The van der Waals surface area contributed by atoms with E-state index in [4.69, 9.17) is 4.74 Å². The Balaban J connectivity index is 1.51. The number of nitrogens with zero attached hydrogens (tertiary/aromatic N) is 3. The SMILES string of the molecule is COc1ccc(-c2csc(CCC(=O)N3CCN(C(C)=O)CC3)n2)cc1. The number of aryl methyl sites for hydroxylation is 1. The first-order chi connectivity index (χ1) is 12.6. The van der Waals surface area contributed by atoms with Crippen LogP contribution in [-0.2, 0) is 16.0 Å². The van der Waals surface area contributed by atoms with E-state index in [2.05, 4.69) is 4.98 Å². The maximum Gasteiger partial charge on any atom is 0.223 e. The third-order valence-electron chi connectivity index (χ3n) is 4.57. The van der Waals surface area contributed by atoms with Gasteiger partial charge in [-0.3, -0.25) is 9.59 Å². The van der Waals surface area contributed by atoms with Crippen molar-refractivity contribution in [3.8, 4) is 17.0 Å². The molecule has 138 valence electrons. The van der Waals surface area contributed by atoms with Crippen LogP contribution in [0, 0.1) is 0 Å². The summed E-state index contributed by atoms with van der Waals surface area (Å²) in [6, 6.07) is 7.80. The van der Waals surface area contributed by atoms with Crippen molar-refractivity contribution in [2.24, 2.45) is 0 Å². The zero-order valence-electron chi connectivity index (χ0n) is 15.1. The van der Waals surface area contributed by atoms with Gasteiger partial charge in [-0.2, -0.15) is 0 Å². The molecule has 2 aromatic rings. The molecule has 2 heterocycles. The van der Waals surface area contributed by atoms with Gasteiger partial charge in [0.15, 0.2) is 0 Å². The normalized spacial score (nSPS) is 14.4. The van der Waals surface area contributed by atoms with Crippen LogP contribution < -0.4 is 4.74 Å². The number of thiazole rings is 1. The Morgan fingerprint density at radius 3 is 2.38 bits per heavy atom. The average Bonchev–Trinajstić information content (AvgIpc) is 3.15. The van der Waals surface area contributed by atoms with E-state index in [1.807, 2.05) is 34.5 Å². The van der Waals surface area contributed by atoms with Crippen molar-refractivity contribution in [1.29, 1.82) is 0 Å². The average molecular weight is 373 g/mol. The van der Waals surface area contributed by atoms with Crippen molar-refractivity contribution in [1.82, 2.24) is 14.8 Å². The Labute approximate surface area is 157 Å². The van der Waals surface area contributed by atoms with E-state index in [1.165, 1.54) is 0 Å². The second kappa shape index (κ2) is 8.31. The first-order valence-corrected chi connectivity index (χ1v) is 9.57. The molecule has 1 aliphatic heterocycles. The minimum Gasteiger partial charge on any atom is -0.497 e. The van der Waals surface area contributed by atoms with Crippen LogP contribution >= 0.6 is 11.3 Å². The molecule has 2 amide bonds. The van der Waals surface area contributed by atoms with Crippen LogP contribution in [0.2, 0.25) is 0 Å². The van der Waals surface area contributed by atoms with Gasteiger partial charge >= 0.3 is 0 Å². The van der Waals surface area contributed by atoms with Gasteiger partial charge in [-0.05, 0) is 24.3 Å². The summed E-state index contributed by atoms with van der Waals surface area (Å²) in [7, 11) is 1.65. The molecule has 7 heteroatoms. The van der Waals surface area contributed by atoms with Crippen molar-refractivity contribution in [2.45, 2.75) is 19.8 Å². The Kier molecular flexibility index (Phi) is 5.88. The highest BCUT2D eigenvalue weighted by Crippen LogP contribution is 2.24. The van der Waals surface area contributed by atoms with Gasteiger partial charge in [0.2, 0.25) is 11.8 Å². The summed E-state index contributed by atoms with van der Waals surface area (Å²) >= 11 is 1.58. The molecule has 0 aliphatic carbocycles. The van der Waals surface area contributed by atoms with Crippen LogP contribution in [0.5, 0.6) is 5.75 Å². The number of methoxy groups -OCH3 is 1. The van der Waals surface area contributed by atoms with Gasteiger partial charge in [0.05, 0.1) is 17.8 Å². The van der Waals surface area contributed by atoms with Gasteiger partial charge in [0, 0.05) is 56.9 Å². The van der Waals surface area contributed by atoms with Crippen LogP contribution in [0.15, 0.2) is 29.6 Å². The van der Waals surface area contributed by atoms with Gasteiger partial charge in [0.1, 0.15) is 5.75 Å². The van der Waals surface area contributed by atoms with Gasteiger partial charge in [0.25, 0.3) is 0 Å². The monoisotopic (exact) mass is 373 g/mol. The molecule has 0 atom stereocenters. The number of ether oxygens (including phenoxy) is 1. The number of aromatic nitrogens is 1. The van der Waals surface area contributed by atoms with Crippen molar-refractivity contribution >= 4 is 23.2 Å². The summed E-state index contributed by atoms with van der Waals surface area (Å²) in [6.07, 6.45) is 1.10. The number of carbonyl (C=O) groups is 2. The van der Waals surface area contributed by atoms with Gasteiger partial charge < -0.3 is 14.5 Å². The standard InChI is InChI=1S/C19H23N3O3S/c1-14(23)21-9-11-22(12-10-21)19(24)8-7-18-20-17(13-26-18)15-3-5-16(25-2)6-4-15/h3-6,13H,7-12H2,1-2H3. The Morgan fingerprint density at radius 2 is 1.77 bits per heavy atom. The highest BCUT2D eigenvalue weighted by atomic mass is 32.1. The summed E-state index contributed by atoms with van der Waals surface area (Å²) in [4.78, 5) is 32.0. The molecule has 1 saturated heterocycles. The third kappa shape index (κ3) is 4.40. The maximum atomic E-state index is 12.4. The fraction of sp³-hybridized carbons (Fsp3) is 0.421. The van der Waals surface area contributed by atoms with Crippen LogP contribution in [0.3, 0.4) is 0 Å². The molecule has 0 unspecified atom stereocenters. The lowest BCUT2D eigenvalue weighted by Gasteiger charge is -2.34. The van der Waals surface area contributed by atoms with Crippen molar-refractivity contribution < 1.29 is 14.3 Å². The summed E-state index contributed by atoms with van der Waals surface area (Å²) < 4.78 is 5.17. The van der Waals surface area contributed by atoms with Crippen LogP contribution in [0.25, 0.3) is 11.3 Å². The molecule has 0 radical (unpaired) electrons. The van der Waals surface area contributed by atoms with Gasteiger partial charge in [-0.15, -0.1) is 11.3 Å². The number of rotatable bonds is 5. The minimum atomic E-state index is 0.0749. The molecule has 26 heavy (non-hydrogen) atoms. The minimum absolute atomic E-state index is 0.0749. The lowest BCUT2D eigenvalue weighted by molar-refractivity contribution is -0.138. The molecular weight excluding hydrogens is 350 g/mol. The number of carbonyl (C=O) groups excluding carboxylic acids is 2. The molecular formula is C19H23N3O3S. The number of amides is 2. The smallest absolute Gasteiger partial charge is 0.223 e. The zero-order valence-corrected chi connectivity index (χ0v) is 15.9. The van der Waals surface area contributed by atoms with Crippen LogP contribution in [-0.4, -0.2) is 59.9 Å². The van der Waals surface area contributed by atoms with E-state index in [0.29, 0.717) is 39.0 Å². The van der Waals surface area contributed by atoms with E-state index < -0.39 is 0 Å². The molecule has 6 nitrogen and oxygen atoms in total. The molecule has 0 spiro atoms. The van der Waals surface area contributed by atoms with Gasteiger partial charge in [-0.25, -0.2) is 4.98 Å². The molecule has 1 aromatic carbocycles. The summed E-state index contributed by atoms with van der Waals surface area (Å²) in [6.45, 7) is 4.06. The number of hydrogen-bond donors (Lipinski definition) is 0. The van der Waals surface area contributed by atoms with Gasteiger partial charge in [-0.1, -0.05) is 0 Å². The molecule has 1 fully saturated rings. The Hall–Kier alpha value is -2.41. The van der Waals surface area contributed by atoms with Crippen molar-refractivity contribution in [3.05, 3.63) is 34.7 Å². The lowest BCUT2D eigenvalue weighted by Crippen LogP contribution is -2.50. The summed E-state index contributed by atoms with van der Waals surface area (Å²) in [5.41, 5.74) is 1.97. The Morgan fingerprint density at radius 1 is 1.12 bits per heavy atom. The first kappa shape index (κ1) is 18.4. The second-order valence-electron chi connectivity index (χ2n) is 6.24. The van der Waals surface area contributed by atoms with E-state index in [0.717, 1.165) is 22.0 Å². The molecule has 0 N–H and O–H groups in total. The number of hydrogen-bond acceptors (Lipinski definition) is 5. The maximum absolute atomic E-state index is 12.4. The van der Waals surface area contributed by atoms with Crippen LogP contribution in [0.4, 0.5) is 0 Å². The molecule has 1 aliphatic rings. The third-order valence-corrected chi connectivity index (χ3v) is 5.48. The highest BCUT2D eigenvalue weighted by molar-refractivity contribution is 7.09. The summed E-state index contributed by atoms with van der Waals surface area (Å²) in [5.74, 6) is 1.03. The molecule has 0 saturated carbocycles. The van der Waals surface area contributed by atoms with E-state index in [1.54, 1.807) is 30.3 Å².